The maximum absolute atomic E-state index is 12.0. The number of fused-ring (bicyclic) bond motifs is 3. The summed E-state index contributed by atoms with van der Waals surface area (Å²) in [5.74, 6) is 0.445. The van der Waals surface area contributed by atoms with Crippen molar-refractivity contribution in [3.05, 3.63) is 27.5 Å². The summed E-state index contributed by atoms with van der Waals surface area (Å²) in [6.45, 7) is 3.75. The molecule has 3 aromatic heterocycles. The number of amides is 1. The van der Waals surface area contributed by atoms with Gasteiger partial charge in [0, 0.05) is 11.5 Å². The van der Waals surface area contributed by atoms with E-state index in [0.29, 0.717) is 10.9 Å². The molecule has 122 valence electrons. The zero-order valence-corrected chi connectivity index (χ0v) is 15.3. The Labute approximate surface area is 149 Å². The Morgan fingerprint density at radius 2 is 2.12 bits per heavy atom. The average Bonchev–Trinajstić information content (AvgIpc) is 3.23. The predicted molar refractivity (Wildman–Crippen MR) is 98.5 cm³/mol. The zero-order valence-electron chi connectivity index (χ0n) is 12.8. The van der Waals surface area contributed by atoms with E-state index in [2.05, 4.69) is 20.5 Å². The maximum atomic E-state index is 12.0. The number of aryl methyl sites for hydroxylation is 2. The first-order valence-electron chi connectivity index (χ1n) is 7.10. The highest BCUT2D eigenvalue weighted by Gasteiger charge is 2.14. The van der Waals surface area contributed by atoms with Gasteiger partial charge in [-0.2, -0.15) is 0 Å². The van der Waals surface area contributed by atoms with Gasteiger partial charge in [-0.25, -0.2) is 4.98 Å². The second-order valence-corrected chi connectivity index (χ2v) is 8.41. The highest BCUT2D eigenvalue weighted by molar-refractivity contribution is 7.21. The largest absolute Gasteiger partial charge is 0.483 e. The van der Waals surface area contributed by atoms with Crippen molar-refractivity contribution in [3.63, 3.8) is 0 Å². The van der Waals surface area contributed by atoms with Crippen LogP contribution in [0.5, 0.6) is 5.75 Å². The summed E-state index contributed by atoms with van der Waals surface area (Å²) in [7, 11) is 0. The van der Waals surface area contributed by atoms with Crippen LogP contribution >= 0.6 is 34.0 Å². The molecule has 0 radical (unpaired) electrons. The SMILES string of the molecule is Cc1nnc(NC(=O)COc2cc3sc(C)nc3c3sccc23)s1. The summed E-state index contributed by atoms with van der Waals surface area (Å²) >= 11 is 4.59. The minimum absolute atomic E-state index is 0.0765. The summed E-state index contributed by atoms with van der Waals surface area (Å²) in [5.41, 5.74) is 1.00. The lowest BCUT2D eigenvalue weighted by atomic mass is 10.2. The molecule has 0 aliphatic heterocycles. The number of carbonyl (C=O) groups is 1. The Balaban J connectivity index is 1.57. The van der Waals surface area contributed by atoms with Crippen LogP contribution in [-0.2, 0) is 4.79 Å². The topological polar surface area (TPSA) is 77.0 Å². The molecule has 1 aromatic carbocycles. The van der Waals surface area contributed by atoms with Crippen LogP contribution in [0.1, 0.15) is 10.0 Å². The molecular weight excluding hydrogens is 364 g/mol. The van der Waals surface area contributed by atoms with E-state index in [0.717, 1.165) is 30.3 Å². The van der Waals surface area contributed by atoms with E-state index < -0.39 is 0 Å². The van der Waals surface area contributed by atoms with E-state index in [1.165, 1.54) is 11.3 Å². The van der Waals surface area contributed by atoms with Gasteiger partial charge in [-0.15, -0.1) is 32.9 Å². The molecule has 0 fully saturated rings. The summed E-state index contributed by atoms with van der Waals surface area (Å²) in [5, 5.41) is 15.7. The van der Waals surface area contributed by atoms with Crippen molar-refractivity contribution in [2.24, 2.45) is 0 Å². The van der Waals surface area contributed by atoms with Gasteiger partial charge in [-0.3, -0.25) is 10.1 Å². The van der Waals surface area contributed by atoms with Crippen molar-refractivity contribution in [1.82, 2.24) is 15.2 Å². The van der Waals surface area contributed by atoms with Crippen LogP contribution in [0.2, 0.25) is 0 Å². The second-order valence-electron chi connectivity index (χ2n) is 5.08. The first-order chi connectivity index (χ1) is 11.6. The lowest BCUT2D eigenvalue weighted by Crippen LogP contribution is -2.20. The first kappa shape index (κ1) is 15.4. The lowest BCUT2D eigenvalue weighted by Gasteiger charge is -2.07. The molecule has 0 aliphatic carbocycles. The minimum Gasteiger partial charge on any atom is -0.483 e. The van der Waals surface area contributed by atoms with Gasteiger partial charge in [0.15, 0.2) is 6.61 Å². The van der Waals surface area contributed by atoms with Crippen LogP contribution in [0.25, 0.3) is 20.3 Å². The fraction of sp³-hybridized carbons (Fsp3) is 0.200. The molecule has 0 spiro atoms. The van der Waals surface area contributed by atoms with Gasteiger partial charge in [-0.1, -0.05) is 11.3 Å². The van der Waals surface area contributed by atoms with Gasteiger partial charge < -0.3 is 4.74 Å². The molecule has 0 bridgehead atoms. The van der Waals surface area contributed by atoms with Crippen LogP contribution in [-0.4, -0.2) is 27.7 Å². The third-order valence-electron chi connectivity index (χ3n) is 3.30. The molecule has 3 heterocycles. The molecule has 24 heavy (non-hydrogen) atoms. The molecule has 9 heteroatoms. The summed E-state index contributed by atoms with van der Waals surface area (Å²) in [6, 6.07) is 3.95. The van der Waals surface area contributed by atoms with Gasteiger partial charge >= 0.3 is 0 Å². The molecule has 1 amide bonds. The van der Waals surface area contributed by atoms with Crippen LogP contribution in [0.15, 0.2) is 17.5 Å². The van der Waals surface area contributed by atoms with Crippen LogP contribution in [0.4, 0.5) is 5.13 Å². The summed E-state index contributed by atoms with van der Waals surface area (Å²) < 4.78 is 7.92. The third-order valence-corrected chi connectivity index (χ3v) is 5.89. The number of hydrogen-bond donors (Lipinski definition) is 1. The van der Waals surface area contributed by atoms with E-state index in [-0.39, 0.29) is 12.5 Å². The summed E-state index contributed by atoms with van der Waals surface area (Å²) in [6.07, 6.45) is 0. The molecule has 0 atom stereocenters. The van der Waals surface area contributed by atoms with Gasteiger partial charge in [0.2, 0.25) is 5.13 Å². The molecule has 0 saturated carbocycles. The molecule has 0 aliphatic rings. The van der Waals surface area contributed by atoms with Crippen LogP contribution in [0, 0.1) is 13.8 Å². The Morgan fingerprint density at radius 3 is 2.92 bits per heavy atom. The normalized spacial score (nSPS) is 11.2. The van der Waals surface area contributed by atoms with E-state index in [1.54, 1.807) is 22.7 Å². The third kappa shape index (κ3) is 2.85. The van der Waals surface area contributed by atoms with Crippen molar-refractivity contribution in [2.75, 3.05) is 11.9 Å². The molecular formula is C15H12N4O2S3. The molecule has 6 nitrogen and oxygen atoms in total. The average molecular weight is 376 g/mol. The number of anilines is 1. The zero-order chi connectivity index (χ0) is 16.7. The van der Waals surface area contributed by atoms with Gasteiger partial charge in [-0.05, 0) is 25.3 Å². The number of thiophene rings is 1. The standard InChI is InChI=1S/C15H12N4O2S3/c1-7-16-13-11(23-7)5-10(9-3-4-22-14(9)13)21-6-12(20)17-15-19-18-8(2)24-15/h3-5H,6H2,1-2H3,(H,17,19,20). The first-order valence-corrected chi connectivity index (χ1v) is 9.61. The lowest BCUT2D eigenvalue weighted by molar-refractivity contribution is -0.118. The number of nitrogens with one attached hydrogen (secondary N) is 1. The number of aromatic nitrogens is 3. The Kier molecular flexibility index (Phi) is 3.91. The monoisotopic (exact) mass is 376 g/mol. The highest BCUT2D eigenvalue weighted by atomic mass is 32.1. The number of hydrogen-bond acceptors (Lipinski definition) is 8. The van der Waals surface area contributed by atoms with Crippen LogP contribution < -0.4 is 10.1 Å². The van der Waals surface area contributed by atoms with Gasteiger partial charge in [0.1, 0.15) is 10.8 Å². The number of nitrogens with zero attached hydrogens (tertiary/aromatic N) is 3. The van der Waals surface area contributed by atoms with Crippen molar-refractivity contribution >= 4 is 65.4 Å². The maximum Gasteiger partial charge on any atom is 0.264 e. The fourth-order valence-electron chi connectivity index (χ4n) is 2.35. The molecule has 0 saturated heterocycles. The molecule has 4 aromatic rings. The van der Waals surface area contributed by atoms with Crippen molar-refractivity contribution in [3.8, 4) is 5.75 Å². The van der Waals surface area contributed by atoms with E-state index in [1.807, 2.05) is 31.4 Å². The second kappa shape index (κ2) is 6.08. The Bertz CT molecular complexity index is 1050. The molecule has 4 rings (SSSR count). The smallest absolute Gasteiger partial charge is 0.264 e. The highest BCUT2D eigenvalue weighted by Crippen LogP contribution is 2.38. The predicted octanol–water partition coefficient (Wildman–Crippen LogP) is 4.00. The number of ether oxygens (including phenoxy) is 1. The van der Waals surface area contributed by atoms with Gasteiger partial charge in [0.25, 0.3) is 5.91 Å². The number of thiazole rings is 1. The number of benzene rings is 1. The van der Waals surface area contributed by atoms with Crippen LogP contribution in [0.3, 0.4) is 0 Å². The summed E-state index contributed by atoms with van der Waals surface area (Å²) in [4.78, 5) is 16.6. The van der Waals surface area contributed by atoms with E-state index >= 15 is 0 Å². The quantitative estimate of drug-likeness (QED) is 0.583. The minimum atomic E-state index is -0.255. The molecule has 1 N–H and O–H groups in total. The fourth-order valence-corrected chi connectivity index (χ4v) is 4.79. The van der Waals surface area contributed by atoms with E-state index in [9.17, 15) is 4.79 Å². The van der Waals surface area contributed by atoms with Gasteiger partial charge in [0.05, 0.1) is 19.9 Å². The van der Waals surface area contributed by atoms with Crippen molar-refractivity contribution < 1.29 is 9.53 Å². The van der Waals surface area contributed by atoms with Crippen molar-refractivity contribution in [2.45, 2.75) is 13.8 Å². The Morgan fingerprint density at radius 1 is 1.25 bits per heavy atom. The number of carbonyl (C=O) groups excluding carboxylic acids is 1. The van der Waals surface area contributed by atoms with E-state index in [4.69, 9.17) is 4.74 Å². The van der Waals surface area contributed by atoms with Crippen molar-refractivity contribution in [1.29, 1.82) is 0 Å². The molecule has 0 unspecified atom stereocenters. The Hall–Kier alpha value is -2.10. The number of rotatable bonds is 4.